The van der Waals surface area contributed by atoms with Crippen molar-refractivity contribution in [2.75, 3.05) is 6.79 Å². The van der Waals surface area contributed by atoms with Crippen molar-refractivity contribution in [3.05, 3.63) is 63.7 Å². The van der Waals surface area contributed by atoms with E-state index >= 15 is 0 Å². The van der Waals surface area contributed by atoms with Crippen molar-refractivity contribution in [3.8, 4) is 11.5 Å². The van der Waals surface area contributed by atoms with Crippen LogP contribution in [0.1, 0.15) is 27.1 Å². The van der Waals surface area contributed by atoms with Crippen LogP contribution in [0.3, 0.4) is 0 Å². The van der Waals surface area contributed by atoms with Crippen molar-refractivity contribution in [3.63, 3.8) is 0 Å². The fourth-order valence-corrected chi connectivity index (χ4v) is 2.19. The number of hydrogen-bond acceptors (Lipinski definition) is 6. The van der Waals surface area contributed by atoms with E-state index in [9.17, 15) is 19.7 Å². The Bertz CT molecular complexity index is 797. The van der Waals surface area contributed by atoms with Crippen molar-refractivity contribution in [2.45, 2.75) is 6.42 Å². The quantitative estimate of drug-likeness (QED) is 0.364. The molecule has 1 heterocycles. The number of rotatable bonds is 5. The first-order chi connectivity index (χ1) is 11.0. The lowest BCUT2D eigenvalue weighted by atomic mass is 10.0. The second-order valence-corrected chi connectivity index (χ2v) is 4.90. The molecular weight excluding hydrogens is 302 g/mol. The first kappa shape index (κ1) is 14.7. The zero-order valence-electron chi connectivity index (χ0n) is 11.9. The van der Waals surface area contributed by atoms with Gasteiger partial charge < -0.3 is 9.47 Å². The third-order valence-electron chi connectivity index (χ3n) is 3.42. The summed E-state index contributed by atoms with van der Waals surface area (Å²) in [5.41, 5.74) is 0.498. The molecule has 0 saturated carbocycles. The number of Topliss-reactive ketones (excluding diaryl/α,β-unsaturated/α-hetero) is 2. The summed E-state index contributed by atoms with van der Waals surface area (Å²) in [6, 6.07) is 9.87. The highest BCUT2D eigenvalue weighted by Gasteiger charge is 2.19. The second kappa shape index (κ2) is 5.88. The van der Waals surface area contributed by atoms with E-state index < -0.39 is 10.7 Å². The summed E-state index contributed by atoms with van der Waals surface area (Å²) < 4.78 is 10.3. The average Bonchev–Trinajstić information content (AvgIpc) is 3.02. The van der Waals surface area contributed by atoms with E-state index in [1.54, 1.807) is 12.1 Å². The Morgan fingerprint density at radius 1 is 0.957 bits per heavy atom. The third kappa shape index (κ3) is 3.03. The molecule has 1 aliphatic heterocycles. The number of benzene rings is 2. The first-order valence-electron chi connectivity index (χ1n) is 6.75. The van der Waals surface area contributed by atoms with Crippen LogP contribution in [0.2, 0.25) is 0 Å². The number of hydrogen-bond donors (Lipinski definition) is 0. The second-order valence-electron chi connectivity index (χ2n) is 4.90. The molecule has 7 nitrogen and oxygen atoms in total. The van der Waals surface area contributed by atoms with E-state index in [0.29, 0.717) is 17.1 Å². The number of nitro benzene ring substituents is 1. The lowest BCUT2D eigenvalue weighted by Crippen LogP contribution is -2.08. The standard InChI is InChI=1S/C16H11NO6/c18-13(10-1-4-12(5-2-10)17(20)21)8-14(19)11-3-6-15-16(7-11)23-9-22-15/h1-7H,8-9H2. The number of non-ortho nitro benzene ring substituents is 1. The van der Waals surface area contributed by atoms with Gasteiger partial charge in [0.2, 0.25) is 6.79 Å². The van der Waals surface area contributed by atoms with Crippen molar-refractivity contribution in [2.24, 2.45) is 0 Å². The van der Waals surface area contributed by atoms with Crippen LogP contribution in [0, 0.1) is 10.1 Å². The number of fused-ring (bicyclic) bond motifs is 1. The summed E-state index contributed by atoms with van der Waals surface area (Å²) in [5, 5.41) is 10.6. The summed E-state index contributed by atoms with van der Waals surface area (Å²) in [7, 11) is 0. The molecule has 0 fully saturated rings. The summed E-state index contributed by atoms with van der Waals surface area (Å²) in [4.78, 5) is 34.3. The van der Waals surface area contributed by atoms with Gasteiger partial charge in [0, 0.05) is 23.3 Å². The SMILES string of the molecule is O=C(CC(=O)c1ccc2c(c1)OCO2)c1ccc([N+](=O)[O-])cc1. The normalized spacial score (nSPS) is 12.0. The molecule has 0 unspecified atom stereocenters. The maximum atomic E-state index is 12.2. The Kier molecular flexibility index (Phi) is 3.76. The van der Waals surface area contributed by atoms with Gasteiger partial charge >= 0.3 is 0 Å². The topological polar surface area (TPSA) is 95.7 Å². The maximum Gasteiger partial charge on any atom is 0.269 e. The molecule has 0 radical (unpaired) electrons. The minimum absolute atomic E-state index is 0.106. The Balaban J connectivity index is 1.72. The van der Waals surface area contributed by atoms with Crippen molar-refractivity contribution in [1.82, 2.24) is 0 Å². The highest BCUT2D eigenvalue weighted by Crippen LogP contribution is 2.32. The van der Waals surface area contributed by atoms with Crippen LogP contribution in [0.15, 0.2) is 42.5 Å². The van der Waals surface area contributed by atoms with Crippen LogP contribution in [0.5, 0.6) is 11.5 Å². The molecule has 3 rings (SSSR count). The Morgan fingerprint density at radius 2 is 1.57 bits per heavy atom. The number of ether oxygens (including phenoxy) is 2. The Morgan fingerprint density at radius 3 is 2.26 bits per heavy atom. The summed E-state index contributed by atoms with van der Waals surface area (Å²) in [6.07, 6.45) is -0.322. The van der Waals surface area contributed by atoms with Gasteiger partial charge in [-0.1, -0.05) is 0 Å². The molecule has 0 N–H and O–H groups in total. The fourth-order valence-electron chi connectivity index (χ4n) is 2.19. The Labute approximate surface area is 130 Å². The highest BCUT2D eigenvalue weighted by atomic mass is 16.7. The van der Waals surface area contributed by atoms with Gasteiger partial charge in [0.05, 0.1) is 11.3 Å². The smallest absolute Gasteiger partial charge is 0.269 e. The minimum Gasteiger partial charge on any atom is -0.454 e. The van der Waals surface area contributed by atoms with Crippen molar-refractivity contribution >= 4 is 17.3 Å². The fraction of sp³-hybridized carbons (Fsp3) is 0.125. The third-order valence-corrected chi connectivity index (χ3v) is 3.42. The molecule has 23 heavy (non-hydrogen) atoms. The van der Waals surface area contributed by atoms with Crippen LogP contribution in [0.25, 0.3) is 0 Å². The molecule has 0 saturated heterocycles. The van der Waals surface area contributed by atoms with E-state index in [0.717, 1.165) is 0 Å². The zero-order chi connectivity index (χ0) is 16.4. The van der Waals surface area contributed by atoms with E-state index in [2.05, 4.69) is 0 Å². The molecule has 2 aromatic carbocycles. The largest absolute Gasteiger partial charge is 0.454 e. The summed E-state index contributed by atoms with van der Waals surface area (Å²) in [5.74, 6) is 0.274. The van der Waals surface area contributed by atoms with E-state index in [1.807, 2.05) is 0 Å². The van der Waals surface area contributed by atoms with Crippen LogP contribution in [-0.2, 0) is 0 Å². The monoisotopic (exact) mass is 313 g/mol. The van der Waals surface area contributed by atoms with E-state index in [-0.39, 0.29) is 30.2 Å². The van der Waals surface area contributed by atoms with Gasteiger partial charge in [0.15, 0.2) is 23.1 Å². The van der Waals surface area contributed by atoms with Gasteiger partial charge in [-0.25, -0.2) is 0 Å². The van der Waals surface area contributed by atoms with Crippen LogP contribution < -0.4 is 9.47 Å². The molecule has 0 bridgehead atoms. The van der Waals surface area contributed by atoms with E-state index in [1.165, 1.54) is 30.3 Å². The molecule has 0 aliphatic carbocycles. The predicted octanol–water partition coefficient (Wildman–Crippen LogP) is 2.78. The number of nitrogens with zero attached hydrogens (tertiary/aromatic N) is 1. The minimum atomic E-state index is -0.550. The van der Waals surface area contributed by atoms with Crippen LogP contribution in [-0.4, -0.2) is 23.3 Å². The van der Waals surface area contributed by atoms with Gasteiger partial charge in [-0.3, -0.25) is 19.7 Å². The molecule has 0 aromatic heterocycles. The molecule has 7 heteroatoms. The number of carbonyl (C=O) groups excluding carboxylic acids is 2. The number of carbonyl (C=O) groups is 2. The molecule has 0 atom stereocenters. The van der Waals surface area contributed by atoms with Gasteiger partial charge in [-0.2, -0.15) is 0 Å². The lowest BCUT2D eigenvalue weighted by Gasteiger charge is -2.03. The molecule has 1 aliphatic rings. The summed E-state index contributed by atoms with van der Waals surface area (Å²) >= 11 is 0. The summed E-state index contributed by atoms with van der Waals surface area (Å²) in [6.45, 7) is 0.106. The van der Waals surface area contributed by atoms with Gasteiger partial charge in [-0.05, 0) is 30.3 Å². The Hall–Kier alpha value is -3.22. The first-order valence-corrected chi connectivity index (χ1v) is 6.75. The highest BCUT2D eigenvalue weighted by molar-refractivity contribution is 6.13. The van der Waals surface area contributed by atoms with Gasteiger partial charge in [-0.15, -0.1) is 0 Å². The van der Waals surface area contributed by atoms with Crippen molar-refractivity contribution < 1.29 is 24.0 Å². The zero-order valence-corrected chi connectivity index (χ0v) is 11.9. The predicted molar refractivity (Wildman–Crippen MR) is 78.9 cm³/mol. The van der Waals surface area contributed by atoms with Gasteiger partial charge in [0.1, 0.15) is 0 Å². The number of ketones is 2. The molecule has 116 valence electrons. The van der Waals surface area contributed by atoms with Crippen molar-refractivity contribution in [1.29, 1.82) is 0 Å². The van der Waals surface area contributed by atoms with Gasteiger partial charge in [0.25, 0.3) is 5.69 Å². The van der Waals surface area contributed by atoms with Crippen LogP contribution >= 0.6 is 0 Å². The number of nitro groups is 1. The molecular formula is C16H11NO6. The molecule has 2 aromatic rings. The van der Waals surface area contributed by atoms with Crippen LogP contribution in [0.4, 0.5) is 5.69 Å². The average molecular weight is 313 g/mol. The van der Waals surface area contributed by atoms with E-state index in [4.69, 9.17) is 9.47 Å². The molecule has 0 spiro atoms. The maximum absolute atomic E-state index is 12.2. The molecule has 0 amide bonds. The lowest BCUT2D eigenvalue weighted by molar-refractivity contribution is -0.384.